The first kappa shape index (κ1) is 26.0. The van der Waals surface area contributed by atoms with Crippen LogP contribution >= 0.6 is 11.6 Å². The number of amides is 1. The van der Waals surface area contributed by atoms with Gasteiger partial charge in [0.1, 0.15) is 23.4 Å². The van der Waals surface area contributed by atoms with E-state index in [1.54, 1.807) is 4.90 Å². The number of nitrogens with zero attached hydrogens (tertiary/aromatic N) is 2. The Labute approximate surface area is 233 Å². The predicted molar refractivity (Wildman–Crippen MR) is 149 cm³/mol. The van der Waals surface area contributed by atoms with Crippen molar-refractivity contribution < 1.29 is 18.7 Å². The van der Waals surface area contributed by atoms with Gasteiger partial charge in [-0.05, 0) is 92.9 Å². The Morgan fingerprint density at radius 1 is 1.10 bits per heavy atom. The number of halogens is 2. The Kier molecular flexibility index (Phi) is 7.36. The summed E-state index contributed by atoms with van der Waals surface area (Å²) >= 11 is 6.35. The van der Waals surface area contributed by atoms with E-state index in [4.69, 9.17) is 21.1 Å². The molecule has 1 fully saturated rings. The summed E-state index contributed by atoms with van der Waals surface area (Å²) < 4.78 is 25.1. The molecule has 0 saturated carbocycles. The second-order valence-electron chi connectivity index (χ2n) is 10.7. The van der Waals surface area contributed by atoms with Gasteiger partial charge in [-0.3, -0.25) is 4.90 Å². The Balaban J connectivity index is 1.23. The number of hydrogen-bond acceptors (Lipinski definition) is 5. The number of carbonyl (C=O) groups is 1. The molecule has 0 bridgehead atoms. The summed E-state index contributed by atoms with van der Waals surface area (Å²) in [6, 6.07) is 13.8. The first-order valence-electron chi connectivity index (χ1n) is 13.7. The predicted octanol–water partition coefficient (Wildman–Crippen LogP) is 6.17. The highest BCUT2D eigenvalue weighted by Gasteiger charge is 2.43. The molecule has 8 heteroatoms. The maximum Gasteiger partial charge on any atom is 0.416 e. The van der Waals surface area contributed by atoms with Gasteiger partial charge >= 0.3 is 6.09 Å². The Morgan fingerprint density at radius 2 is 1.87 bits per heavy atom. The molecule has 4 atom stereocenters. The van der Waals surface area contributed by atoms with Crippen molar-refractivity contribution in [3.63, 3.8) is 0 Å². The Morgan fingerprint density at radius 3 is 2.62 bits per heavy atom. The van der Waals surface area contributed by atoms with E-state index in [1.807, 2.05) is 30.3 Å². The minimum atomic E-state index is -0.472. The van der Waals surface area contributed by atoms with E-state index >= 15 is 0 Å². The topological polar surface area (TPSA) is 54.0 Å². The Hall–Kier alpha value is -3.29. The molecule has 1 amide bonds. The highest BCUT2D eigenvalue weighted by atomic mass is 35.5. The average molecular weight is 550 g/mol. The number of rotatable bonds is 6. The smallest absolute Gasteiger partial charge is 0.416 e. The van der Waals surface area contributed by atoms with Crippen molar-refractivity contribution in [2.75, 3.05) is 26.7 Å². The second-order valence-corrected chi connectivity index (χ2v) is 11.1. The molecule has 6 nitrogen and oxygen atoms in total. The van der Waals surface area contributed by atoms with Gasteiger partial charge in [0, 0.05) is 29.2 Å². The highest BCUT2D eigenvalue weighted by molar-refractivity contribution is 6.31. The molecule has 1 N–H and O–H groups in total. The normalized spacial score (nSPS) is 26.1. The van der Waals surface area contributed by atoms with E-state index < -0.39 is 6.09 Å². The quantitative estimate of drug-likeness (QED) is 0.467. The van der Waals surface area contributed by atoms with Crippen LogP contribution in [0.1, 0.15) is 37.3 Å². The van der Waals surface area contributed by atoms with Gasteiger partial charge in [-0.1, -0.05) is 35.9 Å². The van der Waals surface area contributed by atoms with Crippen LogP contribution in [0, 0.1) is 11.7 Å². The van der Waals surface area contributed by atoms with Crippen LogP contribution in [-0.2, 0) is 0 Å². The third-order valence-corrected chi connectivity index (χ3v) is 8.56. The summed E-state index contributed by atoms with van der Waals surface area (Å²) in [5.74, 6) is 0.903. The monoisotopic (exact) mass is 549 g/mol. The van der Waals surface area contributed by atoms with Gasteiger partial charge in [0.2, 0.25) is 0 Å². The van der Waals surface area contributed by atoms with E-state index in [0.717, 1.165) is 35.0 Å². The number of allylic oxidation sites excluding steroid dienone is 2. The molecule has 0 radical (unpaired) electrons. The van der Waals surface area contributed by atoms with Gasteiger partial charge in [0.05, 0.1) is 12.6 Å². The number of hydrogen-bond donors (Lipinski definition) is 1. The van der Waals surface area contributed by atoms with Crippen molar-refractivity contribution >= 4 is 17.7 Å². The molecule has 6 rings (SSSR count). The van der Waals surface area contributed by atoms with Gasteiger partial charge < -0.3 is 19.7 Å². The summed E-state index contributed by atoms with van der Waals surface area (Å²) in [6.45, 7) is 2.33. The van der Waals surface area contributed by atoms with Crippen molar-refractivity contribution in [2.24, 2.45) is 5.92 Å². The van der Waals surface area contributed by atoms with E-state index in [9.17, 15) is 9.18 Å². The van der Waals surface area contributed by atoms with Crippen LogP contribution in [0.2, 0.25) is 0 Å². The van der Waals surface area contributed by atoms with Gasteiger partial charge in [0.25, 0.3) is 0 Å². The molecule has 4 unspecified atom stereocenters. The summed E-state index contributed by atoms with van der Waals surface area (Å²) in [5.41, 5.74) is 3.24. The molecule has 1 saturated heterocycles. The fraction of sp³-hybridized carbons (Fsp3) is 0.387. The van der Waals surface area contributed by atoms with Crippen LogP contribution in [0.25, 0.3) is 0 Å². The zero-order valence-corrected chi connectivity index (χ0v) is 22.7. The van der Waals surface area contributed by atoms with E-state index in [2.05, 4.69) is 29.4 Å². The lowest BCUT2D eigenvalue weighted by molar-refractivity contribution is 0.134. The zero-order valence-electron chi connectivity index (χ0n) is 22.0. The van der Waals surface area contributed by atoms with Gasteiger partial charge in [0.15, 0.2) is 0 Å². The third-order valence-electron chi connectivity index (χ3n) is 8.31. The van der Waals surface area contributed by atoms with Crippen LogP contribution in [0.3, 0.4) is 0 Å². The van der Waals surface area contributed by atoms with Crippen molar-refractivity contribution in [1.82, 2.24) is 15.1 Å². The van der Waals surface area contributed by atoms with Crippen molar-refractivity contribution in [2.45, 2.75) is 43.8 Å². The molecule has 204 valence electrons. The molecule has 3 aliphatic heterocycles. The number of likely N-dealkylation sites (tertiary alicyclic amines) is 1. The molecule has 4 aliphatic rings. The largest absolute Gasteiger partial charge is 0.494 e. The molecule has 39 heavy (non-hydrogen) atoms. The zero-order chi connectivity index (χ0) is 26.9. The lowest BCUT2D eigenvalue weighted by Crippen LogP contribution is -2.43. The van der Waals surface area contributed by atoms with Crippen molar-refractivity contribution in [1.29, 1.82) is 0 Å². The maximum atomic E-state index is 13.4. The van der Waals surface area contributed by atoms with E-state index in [1.165, 1.54) is 42.7 Å². The molecule has 0 spiro atoms. The van der Waals surface area contributed by atoms with E-state index in [-0.39, 0.29) is 23.8 Å². The standard InChI is InChI=1S/C31H33ClFN3O3/c1-35-16-2-3-23(35)15-18-38-24-9-4-20(5-10-24)30-29-26(27-19-21(32)6-13-28(27)34-29)14-17-36(30)31(37)39-25-11-7-22(33)8-12-25/h4-13,19,23,27-28,30,34H,2-3,14-18H2,1H3. The summed E-state index contributed by atoms with van der Waals surface area (Å²) in [6.07, 6.45) is 9.82. The molecule has 2 aromatic carbocycles. The van der Waals surface area contributed by atoms with Crippen LogP contribution in [0.4, 0.5) is 9.18 Å². The maximum absolute atomic E-state index is 13.4. The lowest BCUT2D eigenvalue weighted by atomic mass is 9.85. The third kappa shape index (κ3) is 5.43. The number of nitrogens with one attached hydrogen (secondary N) is 1. The first-order chi connectivity index (χ1) is 19.0. The molecular formula is C31H33ClFN3O3. The summed E-state index contributed by atoms with van der Waals surface area (Å²) in [5, 5.41) is 4.39. The second kappa shape index (κ2) is 11.1. The van der Waals surface area contributed by atoms with Crippen LogP contribution in [-0.4, -0.2) is 54.7 Å². The Bertz CT molecular complexity index is 1310. The fourth-order valence-electron chi connectivity index (χ4n) is 6.24. The molecule has 1 aliphatic carbocycles. The van der Waals surface area contributed by atoms with Gasteiger partial charge in [-0.15, -0.1) is 0 Å². The summed E-state index contributed by atoms with van der Waals surface area (Å²) in [7, 11) is 2.18. The van der Waals surface area contributed by atoms with Crippen LogP contribution < -0.4 is 14.8 Å². The number of fused-ring (bicyclic) bond motifs is 2. The van der Waals surface area contributed by atoms with Crippen LogP contribution in [0.5, 0.6) is 11.5 Å². The first-order valence-corrected chi connectivity index (χ1v) is 14.1. The van der Waals surface area contributed by atoms with Gasteiger partial charge in [-0.2, -0.15) is 0 Å². The fourth-order valence-corrected chi connectivity index (χ4v) is 6.45. The van der Waals surface area contributed by atoms with Gasteiger partial charge in [-0.25, -0.2) is 9.18 Å². The summed E-state index contributed by atoms with van der Waals surface area (Å²) in [4.78, 5) is 17.6. The SMILES string of the molecule is CN1CCCC1CCOc1ccc(C2C3=C(CCN2C(=O)Oc2ccc(F)cc2)C2C=C(Cl)C=CC2N3)cc1. The van der Waals surface area contributed by atoms with Crippen LogP contribution in [0.15, 0.2) is 83.1 Å². The minimum Gasteiger partial charge on any atom is -0.494 e. The van der Waals surface area contributed by atoms with E-state index in [0.29, 0.717) is 31.4 Å². The number of ether oxygens (including phenoxy) is 2. The number of benzene rings is 2. The van der Waals surface area contributed by atoms with Crippen molar-refractivity contribution in [3.8, 4) is 11.5 Å². The molecular weight excluding hydrogens is 517 g/mol. The molecule has 0 aromatic heterocycles. The number of carbonyl (C=O) groups excluding carboxylic acids is 1. The average Bonchev–Trinajstić information content (AvgIpc) is 3.52. The minimum absolute atomic E-state index is 0.101. The lowest BCUT2D eigenvalue weighted by Gasteiger charge is -2.37. The molecule has 3 heterocycles. The molecule has 2 aromatic rings. The highest BCUT2D eigenvalue weighted by Crippen LogP contribution is 2.45. The van der Waals surface area contributed by atoms with Crippen molar-refractivity contribution in [3.05, 3.63) is 94.4 Å².